The first kappa shape index (κ1) is 25.4. The second kappa shape index (κ2) is 13.3. The Bertz CT molecular complexity index is 1460. The van der Waals surface area contributed by atoms with E-state index in [9.17, 15) is 4.39 Å². The van der Waals surface area contributed by atoms with Crippen LogP contribution < -0.4 is 5.19 Å². The van der Waals surface area contributed by atoms with Crippen LogP contribution in [-0.4, -0.2) is 18.0 Å². The average Bonchev–Trinajstić information content (AvgIpc) is 2.94. The molecule has 0 spiro atoms. The molecule has 0 saturated heterocycles. The molecule has 5 aromatic rings. The number of benzene rings is 3. The molecule has 0 aliphatic rings. The van der Waals surface area contributed by atoms with Gasteiger partial charge in [-0.2, -0.15) is 0 Å². The van der Waals surface area contributed by atoms with E-state index in [4.69, 9.17) is 2.74 Å². The minimum Gasteiger partial charge on any atom is -0.305 e. The molecule has 0 unspecified atom stereocenters. The summed E-state index contributed by atoms with van der Waals surface area (Å²) in [6.07, 6.45) is 2.03. The van der Waals surface area contributed by atoms with Gasteiger partial charge in [-0.15, -0.1) is 65.7 Å². The summed E-state index contributed by atoms with van der Waals surface area (Å²) in [6.45, 7) is 6.86. The zero-order valence-corrected chi connectivity index (χ0v) is 24.4. The van der Waals surface area contributed by atoms with Crippen LogP contribution in [0.25, 0.3) is 22.5 Å². The molecule has 2 aromatic heterocycles. The average molecular weight is 683 g/mol. The molecule has 1 radical (unpaired) electrons. The predicted molar refractivity (Wildman–Crippen MR) is 149 cm³/mol. The fraction of sp³-hybridized carbons (Fsp3) is 0.125. The maximum absolute atomic E-state index is 12.8. The molecule has 0 atom stereocenters. The smallest absolute Gasteiger partial charge is 0.0795 e. The maximum Gasteiger partial charge on any atom is 0.0795 e. The molecule has 3 aromatic carbocycles. The SMILES string of the molecule is C[Si](C)(C)c1ccc(-c2[c-]cc(F)cc2)nc1.[2H]C([2H])(c1ccccc1)c1ccnc(-c2[c-]cccc2)c1.[Ir]. The van der Waals surface area contributed by atoms with E-state index in [0.717, 1.165) is 22.5 Å². The van der Waals surface area contributed by atoms with Crippen molar-refractivity contribution >= 4 is 13.3 Å². The monoisotopic (exact) mass is 683 g/mol. The third-order valence-corrected chi connectivity index (χ3v) is 7.52. The number of halogens is 1. The minimum absolute atomic E-state index is 0. The van der Waals surface area contributed by atoms with Gasteiger partial charge in [0.25, 0.3) is 0 Å². The summed E-state index contributed by atoms with van der Waals surface area (Å²) in [5.74, 6) is -0.271. The normalized spacial score (nSPS) is 11.8. The van der Waals surface area contributed by atoms with Gasteiger partial charge in [-0.25, -0.2) is 0 Å². The minimum atomic E-state index is -1.55. The molecule has 5 rings (SSSR count). The van der Waals surface area contributed by atoms with Crippen molar-refractivity contribution < 1.29 is 27.2 Å². The van der Waals surface area contributed by atoms with E-state index < -0.39 is 14.4 Å². The molecule has 0 saturated carbocycles. The van der Waals surface area contributed by atoms with Crippen LogP contribution in [0, 0.1) is 17.9 Å². The van der Waals surface area contributed by atoms with Gasteiger partial charge in [-0.05, 0) is 40.1 Å². The number of pyridine rings is 2. The number of nitrogens with zero attached hydrogens (tertiary/aromatic N) is 2. The molecule has 0 bridgehead atoms. The summed E-state index contributed by atoms with van der Waals surface area (Å²) in [6, 6.07) is 34.8. The molecule has 0 aliphatic carbocycles. The van der Waals surface area contributed by atoms with Gasteiger partial charge < -0.3 is 9.97 Å². The summed E-state index contributed by atoms with van der Waals surface area (Å²) >= 11 is 0. The van der Waals surface area contributed by atoms with Crippen LogP contribution in [0.15, 0.2) is 109 Å². The first-order chi connectivity index (χ1) is 18.1. The van der Waals surface area contributed by atoms with Gasteiger partial charge in [0.15, 0.2) is 0 Å². The van der Waals surface area contributed by atoms with Crippen LogP contribution in [0.4, 0.5) is 4.39 Å². The Kier molecular flexibility index (Phi) is 9.16. The molecule has 189 valence electrons. The second-order valence-electron chi connectivity index (χ2n) is 9.30. The van der Waals surface area contributed by atoms with E-state index in [-0.39, 0.29) is 25.9 Å². The largest absolute Gasteiger partial charge is 0.305 e. The van der Waals surface area contributed by atoms with Crippen molar-refractivity contribution in [3.63, 3.8) is 0 Å². The molecular weight excluding hydrogens is 652 g/mol. The van der Waals surface area contributed by atoms with Gasteiger partial charge in [0.1, 0.15) is 0 Å². The first-order valence-corrected chi connectivity index (χ1v) is 15.3. The Morgan fingerprint density at radius 1 is 0.784 bits per heavy atom. The van der Waals surface area contributed by atoms with Gasteiger partial charge >= 0.3 is 0 Å². The van der Waals surface area contributed by atoms with Gasteiger partial charge in [0, 0.05) is 41.1 Å². The van der Waals surface area contributed by atoms with Gasteiger partial charge in [-0.1, -0.05) is 68.2 Å². The molecule has 0 amide bonds. The van der Waals surface area contributed by atoms with Crippen molar-refractivity contribution in [3.05, 3.63) is 139 Å². The number of hydrogen-bond acceptors (Lipinski definition) is 2. The summed E-state index contributed by atoms with van der Waals surface area (Å²) in [7, 11) is -1.30. The van der Waals surface area contributed by atoms with E-state index in [1.807, 2.05) is 54.7 Å². The Balaban J connectivity index is 0.000000215. The van der Waals surface area contributed by atoms with Crippen LogP contribution in [0.5, 0.6) is 0 Å². The zero-order chi connectivity index (χ0) is 27.2. The topological polar surface area (TPSA) is 25.8 Å². The van der Waals surface area contributed by atoms with Crippen molar-refractivity contribution in [2.75, 3.05) is 0 Å². The third kappa shape index (κ3) is 8.39. The van der Waals surface area contributed by atoms with Crippen LogP contribution in [0.1, 0.15) is 13.9 Å². The molecule has 0 aliphatic heterocycles. The zero-order valence-electron chi connectivity index (χ0n) is 23.0. The first-order valence-electron chi connectivity index (χ1n) is 12.8. The Hall–Kier alpha value is -3.24. The summed E-state index contributed by atoms with van der Waals surface area (Å²) < 4.78 is 29.6. The molecule has 2 heterocycles. The number of aromatic nitrogens is 2. The van der Waals surface area contributed by atoms with Gasteiger partial charge in [-0.3, -0.25) is 4.39 Å². The van der Waals surface area contributed by atoms with E-state index in [1.54, 1.807) is 36.5 Å². The molecule has 2 nitrogen and oxygen atoms in total. The second-order valence-corrected chi connectivity index (χ2v) is 14.4. The van der Waals surface area contributed by atoms with Crippen molar-refractivity contribution in [2.24, 2.45) is 0 Å². The van der Waals surface area contributed by atoms with E-state index in [0.29, 0.717) is 11.1 Å². The Labute approximate surface area is 236 Å². The quantitative estimate of drug-likeness (QED) is 0.143. The molecule has 0 N–H and O–H groups in total. The fourth-order valence-corrected chi connectivity index (χ4v) is 4.49. The van der Waals surface area contributed by atoms with Crippen molar-refractivity contribution in [3.8, 4) is 22.5 Å². The number of rotatable bonds is 5. The summed E-state index contributed by atoms with van der Waals surface area (Å²) in [4.78, 5) is 8.74. The van der Waals surface area contributed by atoms with E-state index >= 15 is 0 Å². The molecular formula is C32H29FIrN2Si-2. The van der Waals surface area contributed by atoms with Crippen molar-refractivity contribution in [1.82, 2.24) is 9.97 Å². The molecule has 5 heteroatoms. The van der Waals surface area contributed by atoms with E-state index in [1.165, 1.54) is 17.3 Å². The summed E-state index contributed by atoms with van der Waals surface area (Å²) in [5.41, 5.74) is 4.49. The van der Waals surface area contributed by atoms with Crippen LogP contribution >= 0.6 is 0 Å². The predicted octanol–water partition coefficient (Wildman–Crippen LogP) is 7.37. The van der Waals surface area contributed by atoms with Crippen molar-refractivity contribution in [1.29, 1.82) is 0 Å². The standard InChI is InChI=1S/C18H14N.C14H15FNSi.Ir/c1-3-7-15(8-4-1)13-16-11-12-19-18(14-16)17-9-5-2-6-10-17;1-17(2,3)13-8-9-14(16-10-13)11-4-6-12(15)7-5-11;/h1-9,11-12,14H,13H2;4,6-10H,1-3H3;/q2*-1;/i13D2;;. The molecule has 37 heavy (non-hydrogen) atoms. The molecule has 0 fully saturated rings. The third-order valence-electron chi connectivity index (χ3n) is 5.49. The summed E-state index contributed by atoms with van der Waals surface area (Å²) in [5, 5.41) is 1.32. The Morgan fingerprint density at radius 2 is 1.54 bits per heavy atom. The van der Waals surface area contributed by atoms with Crippen molar-refractivity contribution in [2.45, 2.75) is 26.0 Å². The van der Waals surface area contributed by atoms with Gasteiger partial charge in [0.2, 0.25) is 0 Å². The number of hydrogen-bond donors (Lipinski definition) is 0. The van der Waals surface area contributed by atoms with E-state index in [2.05, 4.69) is 47.8 Å². The maximum atomic E-state index is 12.8. The van der Waals surface area contributed by atoms with Crippen LogP contribution in [0.3, 0.4) is 0 Å². The van der Waals surface area contributed by atoms with Crippen LogP contribution in [0.2, 0.25) is 19.6 Å². The van der Waals surface area contributed by atoms with Crippen LogP contribution in [-0.2, 0) is 26.5 Å². The fourth-order valence-electron chi connectivity index (χ4n) is 3.46. The van der Waals surface area contributed by atoms with Gasteiger partial charge in [0.05, 0.1) is 8.07 Å². The Morgan fingerprint density at radius 3 is 2.16 bits per heavy atom.